The van der Waals surface area contributed by atoms with Crippen LogP contribution in [0.5, 0.6) is 5.75 Å². The molecule has 2 heterocycles. The van der Waals surface area contributed by atoms with Crippen molar-refractivity contribution in [1.29, 1.82) is 0 Å². The summed E-state index contributed by atoms with van der Waals surface area (Å²) in [6.45, 7) is 3.98. The summed E-state index contributed by atoms with van der Waals surface area (Å²) in [6.07, 6.45) is 1.67. The summed E-state index contributed by atoms with van der Waals surface area (Å²) < 4.78 is 7.32. The van der Waals surface area contributed by atoms with E-state index in [1.807, 2.05) is 44.2 Å². The molecule has 0 aliphatic rings. The highest BCUT2D eigenvalue weighted by Gasteiger charge is 2.08. The van der Waals surface area contributed by atoms with Crippen LogP contribution in [0.1, 0.15) is 13.8 Å². The first-order valence-corrected chi connectivity index (χ1v) is 6.37. The van der Waals surface area contributed by atoms with Crippen molar-refractivity contribution in [3.63, 3.8) is 0 Å². The quantitative estimate of drug-likeness (QED) is 0.788. The zero-order valence-electron chi connectivity index (χ0n) is 11.3. The maximum Gasteiger partial charge on any atom is 0.207 e. The number of hydrogen-bond donors (Lipinski definition) is 1. The summed E-state index contributed by atoms with van der Waals surface area (Å²) >= 11 is 0. The fraction of sp³-hybridized carbons (Fsp3) is 0.214. The highest BCUT2D eigenvalue weighted by molar-refractivity contribution is 5.66. The van der Waals surface area contributed by atoms with Crippen LogP contribution in [-0.2, 0) is 0 Å². The Hall–Kier alpha value is -2.63. The van der Waals surface area contributed by atoms with Gasteiger partial charge in [0.05, 0.1) is 11.8 Å². The third kappa shape index (κ3) is 2.27. The number of anilines is 1. The first-order valence-electron chi connectivity index (χ1n) is 6.37. The molecule has 3 aromatic rings. The lowest BCUT2D eigenvalue weighted by Crippen LogP contribution is -2.05. The molecule has 2 aromatic heterocycles. The van der Waals surface area contributed by atoms with Crippen molar-refractivity contribution in [1.82, 2.24) is 19.6 Å². The lowest BCUT2D eigenvalue weighted by Gasteiger charge is -2.11. The molecule has 102 valence electrons. The number of benzene rings is 1. The molecule has 2 N–H and O–H groups in total. The van der Waals surface area contributed by atoms with Gasteiger partial charge in [-0.05, 0) is 26.0 Å². The molecule has 0 saturated heterocycles. The molecule has 0 fully saturated rings. The molecule has 0 aliphatic carbocycles. The summed E-state index contributed by atoms with van der Waals surface area (Å²) in [4.78, 5) is 4.37. The number of fused-ring (bicyclic) bond motifs is 1. The van der Waals surface area contributed by atoms with Crippen molar-refractivity contribution in [2.45, 2.75) is 20.0 Å². The van der Waals surface area contributed by atoms with E-state index in [9.17, 15) is 0 Å². The normalized spacial score (nSPS) is 11.2. The second-order valence-corrected chi connectivity index (χ2v) is 4.75. The highest BCUT2D eigenvalue weighted by atomic mass is 16.5. The first kappa shape index (κ1) is 12.4. The van der Waals surface area contributed by atoms with Crippen LogP contribution < -0.4 is 10.5 Å². The van der Waals surface area contributed by atoms with E-state index in [4.69, 9.17) is 10.5 Å². The molecule has 6 nitrogen and oxygen atoms in total. The zero-order chi connectivity index (χ0) is 14.1. The molecule has 6 heteroatoms. The van der Waals surface area contributed by atoms with Gasteiger partial charge in [-0.1, -0.05) is 12.1 Å². The number of hydrogen-bond acceptors (Lipinski definition) is 5. The Kier molecular flexibility index (Phi) is 2.98. The van der Waals surface area contributed by atoms with Gasteiger partial charge in [-0.3, -0.25) is 4.40 Å². The van der Waals surface area contributed by atoms with Gasteiger partial charge < -0.3 is 10.5 Å². The van der Waals surface area contributed by atoms with Gasteiger partial charge >= 0.3 is 0 Å². The molecular formula is C14H15N5O. The molecule has 1 aromatic carbocycles. The largest absolute Gasteiger partial charge is 0.491 e. The summed E-state index contributed by atoms with van der Waals surface area (Å²) in [5.41, 5.74) is 8.25. The van der Waals surface area contributed by atoms with Crippen molar-refractivity contribution >= 4 is 11.6 Å². The van der Waals surface area contributed by atoms with E-state index in [1.54, 1.807) is 10.7 Å². The zero-order valence-corrected chi connectivity index (χ0v) is 11.3. The van der Waals surface area contributed by atoms with Crippen LogP contribution in [-0.4, -0.2) is 25.7 Å². The van der Waals surface area contributed by atoms with Gasteiger partial charge in [0, 0.05) is 11.6 Å². The summed E-state index contributed by atoms with van der Waals surface area (Å²) in [5.74, 6) is 1.16. The fourth-order valence-corrected chi connectivity index (χ4v) is 2.00. The number of aromatic nitrogens is 4. The van der Waals surface area contributed by atoms with Gasteiger partial charge in [-0.25, -0.2) is 4.98 Å². The molecule has 0 bridgehead atoms. The Balaban J connectivity index is 2.06. The van der Waals surface area contributed by atoms with Crippen molar-refractivity contribution in [3.05, 3.63) is 36.7 Å². The number of nitrogens with zero attached hydrogens (tertiary/aromatic N) is 4. The minimum atomic E-state index is 0.127. The van der Waals surface area contributed by atoms with Crippen LogP contribution in [0.15, 0.2) is 36.7 Å². The monoisotopic (exact) mass is 269 g/mol. The second-order valence-electron chi connectivity index (χ2n) is 4.75. The Morgan fingerprint density at radius 3 is 2.90 bits per heavy atom. The average Bonchev–Trinajstić information content (AvgIpc) is 2.87. The predicted molar refractivity (Wildman–Crippen MR) is 76.4 cm³/mol. The van der Waals surface area contributed by atoms with E-state index < -0.39 is 0 Å². The van der Waals surface area contributed by atoms with Crippen LogP contribution >= 0.6 is 0 Å². The Bertz CT molecular complexity index is 750. The van der Waals surface area contributed by atoms with Crippen LogP contribution in [0.4, 0.5) is 5.95 Å². The van der Waals surface area contributed by atoms with E-state index in [1.165, 1.54) is 0 Å². The van der Waals surface area contributed by atoms with Crippen molar-refractivity contribution in [2.24, 2.45) is 0 Å². The Morgan fingerprint density at radius 1 is 1.25 bits per heavy atom. The number of ether oxygens (including phenoxy) is 1. The van der Waals surface area contributed by atoms with Crippen LogP contribution in [0.2, 0.25) is 0 Å². The molecule has 20 heavy (non-hydrogen) atoms. The van der Waals surface area contributed by atoms with E-state index in [2.05, 4.69) is 15.2 Å². The topological polar surface area (TPSA) is 78.3 Å². The van der Waals surface area contributed by atoms with E-state index in [0.717, 1.165) is 17.0 Å². The van der Waals surface area contributed by atoms with Crippen LogP contribution in [0.25, 0.3) is 16.9 Å². The van der Waals surface area contributed by atoms with Gasteiger partial charge in [-0.2, -0.15) is 0 Å². The molecule has 0 radical (unpaired) electrons. The summed E-state index contributed by atoms with van der Waals surface area (Å²) in [6, 6.07) is 9.59. The van der Waals surface area contributed by atoms with Crippen LogP contribution in [0.3, 0.4) is 0 Å². The second kappa shape index (κ2) is 4.80. The van der Waals surface area contributed by atoms with Gasteiger partial charge in [0.2, 0.25) is 5.95 Å². The SMILES string of the molecule is CC(C)Oc1cccc(-c2cc3nncn3c(N)n2)c1. The van der Waals surface area contributed by atoms with E-state index in [-0.39, 0.29) is 6.10 Å². The maximum absolute atomic E-state index is 5.90. The van der Waals surface area contributed by atoms with Gasteiger partial charge in [0.25, 0.3) is 0 Å². The number of rotatable bonds is 3. The molecule has 0 aliphatic heterocycles. The van der Waals surface area contributed by atoms with Gasteiger partial charge in [0.1, 0.15) is 12.1 Å². The van der Waals surface area contributed by atoms with Crippen molar-refractivity contribution in [2.75, 3.05) is 5.73 Å². The summed E-state index contributed by atoms with van der Waals surface area (Å²) in [5, 5.41) is 7.82. The number of nitrogen functional groups attached to an aromatic ring is 1. The highest BCUT2D eigenvalue weighted by Crippen LogP contribution is 2.24. The standard InChI is InChI=1S/C14H15N5O/c1-9(2)20-11-5-3-4-10(6-11)12-7-13-18-16-8-19(13)14(15)17-12/h3-9H,1-2H3,(H2,15,17). The van der Waals surface area contributed by atoms with Crippen molar-refractivity contribution in [3.8, 4) is 17.0 Å². The fourth-order valence-electron chi connectivity index (χ4n) is 2.00. The van der Waals surface area contributed by atoms with E-state index in [0.29, 0.717) is 11.6 Å². The van der Waals surface area contributed by atoms with Crippen LogP contribution in [0, 0.1) is 0 Å². The minimum Gasteiger partial charge on any atom is -0.491 e. The summed E-state index contributed by atoms with van der Waals surface area (Å²) in [7, 11) is 0. The maximum atomic E-state index is 5.90. The minimum absolute atomic E-state index is 0.127. The Morgan fingerprint density at radius 2 is 2.10 bits per heavy atom. The molecule has 0 atom stereocenters. The first-order chi connectivity index (χ1) is 9.63. The lowest BCUT2D eigenvalue weighted by molar-refractivity contribution is 0.242. The van der Waals surface area contributed by atoms with E-state index >= 15 is 0 Å². The molecule has 0 amide bonds. The lowest BCUT2D eigenvalue weighted by atomic mass is 10.1. The molecule has 0 unspecified atom stereocenters. The smallest absolute Gasteiger partial charge is 0.207 e. The molecular weight excluding hydrogens is 254 g/mol. The third-order valence-corrected chi connectivity index (χ3v) is 2.82. The molecule has 0 saturated carbocycles. The Labute approximate surface area is 116 Å². The average molecular weight is 269 g/mol. The molecule has 3 rings (SSSR count). The van der Waals surface area contributed by atoms with Crippen molar-refractivity contribution < 1.29 is 4.74 Å². The van der Waals surface area contributed by atoms with Gasteiger partial charge in [-0.15, -0.1) is 10.2 Å². The third-order valence-electron chi connectivity index (χ3n) is 2.82. The molecule has 0 spiro atoms. The number of nitrogens with two attached hydrogens (primary N) is 1. The van der Waals surface area contributed by atoms with Gasteiger partial charge in [0.15, 0.2) is 5.65 Å². The predicted octanol–water partition coefficient (Wildman–Crippen LogP) is 2.16.